The number of anilines is 2. The molecule has 5 N–H and O–H groups in total. The highest BCUT2D eigenvalue weighted by molar-refractivity contribution is 6.32. The van der Waals surface area contributed by atoms with Crippen LogP contribution in [0.3, 0.4) is 0 Å². The van der Waals surface area contributed by atoms with Gasteiger partial charge >= 0.3 is 0 Å². The topological polar surface area (TPSA) is 134 Å². The number of halogens is 2. The van der Waals surface area contributed by atoms with Gasteiger partial charge in [-0.15, -0.1) is 0 Å². The number of nitrogens with two attached hydrogens (primary N) is 2. The summed E-state index contributed by atoms with van der Waals surface area (Å²) in [5.74, 6) is -0.200. The number of nitrogens with one attached hydrogen (secondary N) is 1. The lowest BCUT2D eigenvalue weighted by atomic mass is 9.95. The Morgan fingerprint density at radius 1 is 1.11 bits per heavy atom. The molecule has 1 aromatic heterocycles. The molecular formula is C25H34Cl2N8O2. The van der Waals surface area contributed by atoms with Crippen LogP contribution in [0.2, 0.25) is 10.2 Å². The van der Waals surface area contributed by atoms with E-state index >= 15 is 0 Å². The van der Waals surface area contributed by atoms with E-state index in [1.165, 1.54) is 7.05 Å². The lowest BCUT2D eigenvalue weighted by molar-refractivity contribution is -0.124. The predicted molar refractivity (Wildman–Crippen MR) is 146 cm³/mol. The van der Waals surface area contributed by atoms with Crippen LogP contribution in [0.4, 0.5) is 11.6 Å². The van der Waals surface area contributed by atoms with Crippen molar-refractivity contribution in [2.24, 2.45) is 5.73 Å². The molecule has 0 saturated carbocycles. The number of carbonyl (C=O) groups is 2. The van der Waals surface area contributed by atoms with Crippen LogP contribution >= 0.6 is 23.2 Å². The second-order valence-electron chi connectivity index (χ2n) is 9.52. The number of amides is 2. The van der Waals surface area contributed by atoms with Crippen LogP contribution in [-0.4, -0.2) is 83.4 Å². The third-order valence-corrected chi connectivity index (χ3v) is 7.90. The van der Waals surface area contributed by atoms with E-state index in [2.05, 4.69) is 36.9 Å². The van der Waals surface area contributed by atoms with Gasteiger partial charge in [-0.05, 0) is 37.0 Å². The molecule has 0 bridgehead atoms. The third kappa shape index (κ3) is 5.93. The van der Waals surface area contributed by atoms with Crippen molar-refractivity contribution >= 4 is 46.7 Å². The van der Waals surface area contributed by atoms with Crippen molar-refractivity contribution in [1.29, 1.82) is 0 Å². The molecule has 2 saturated heterocycles. The van der Waals surface area contributed by atoms with Crippen molar-refractivity contribution in [1.82, 2.24) is 25.1 Å². The molecule has 2 aliphatic heterocycles. The molecule has 2 aliphatic rings. The Morgan fingerprint density at radius 3 is 2.38 bits per heavy atom. The molecule has 2 amide bonds. The second kappa shape index (κ2) is 11.8. The van der Waals surface area contributed by atoms with Gasteiger partial charge in [-0.1, -0.05) is 42.3 Å². The van der Waals surface area contributed by atoms with Gasteiger partial charge in [-0.3, -0.25) is 19.4 Å². The molecule has 0 aliphatic carbocycles. The average molecular weight is 550 g/mol. The standard InChI is InChI=1S/C25H34Cl2N8O2/c1-3-17-14-34(24-21(27)31-19(22(28)32-24)25(37)30-2)12-13-35(17)18-8-10-33(11-9-18)20(23(29)36)15-4-6-16(26)7-5-15/h4-7,17-18,20H,3,8-14H2,1-2H3,(H2,28,32)(H2,29,36)(H,30,37)/t17-,20+/m0/s1. The molecule has 0 unspecified atom stereocenters. The Balaban J connectivity index is 1.41. The zero-order valence-corrected chi connectivity index (χ0v) is 22.7. The number of likely N-dealkylation sites (tertiary alicyclic amines) is 1. The number of nitrogen functional groups attached to an aromatic ring is 1. The summed E-state index contributed by atoms with van der Waals surface area (Å²) in [7, 11) is 1.51. The van der Waals surface area contributed by atoms with Crippen LogP contribution in [-0.2, 0) is 4.79 Å². The first-order chi connectivity index (χ1) is 17.7. The van der Waals surface area contributed by atoms with Crippen molar-refractivity contribution in [3.8, 4) is 0 Å². The number of primary amides is 1. The highest BCUT2D eigenvalue weighted by atomic mass is 35.5. The number of rotatable bonds is 7. The molecule has 10 nitrogen and oxygen atoms in total. The van der Waals surface area contributed by atoms with Crippen LogP contribution in [0, 0.1) is 0 Å². The minimum Gasteiger partial charge on any atom is -0.382 e. The van der Waals surface area contributed by atoms with E-state index in [1.54, 1.807) is 12.1 Å². The van der Waals surface area contributed by atoms with Crippen LogP contribution < -0.4 is 21.7 Å². The maximum absolute atomic E-state index is 12.3. The summed E-state index contributed by atoms with van der Waals surface area (Å²) >= 11 is 12.5. The van der Waals surface area contributed by atoms with Crippen molar-refractivity contribution in [2.75, 3.05) is 50.4 Å². The number of hydrogen-bond acceptors (Lipinski definition) is 8. The molecule has 2 aromatic rings. The minimum atomic E-state index is -0.457. The molecule has 1 aromatic carbocycles. The molecule has 37 heavy (non-hydrogen) atoms. The monoisotopic (exact) mass is 548 g/mol. The van der Waals surface area contributed by atoms with Gasteiger partial charge in [0.1, 0.15) is 6.04 Å². The molecule has 2 fully saturated rings. The smallest absolute Gasteiger partial charge is 0.273 e. The lowest BCUT2D eigenvalue weighted by Gasteiger charge is -2.48. The van der Waals surface area contributed by atoms with Gasteiger partial charge in [0, 0.05) is 56.9 Å². The fourth-order valence-corrected chi connectivity index (χ4v) is 5.86. The number of hydrogen-bond donors (Lipinski definition) is 3. The van der Waals surface area contributed by atoms with Crippen molar-refractivity contribution in [3.05, 3.63) is 45.7 Å². The van der Waals surface area contributed by atoms with Gasteiger partial charge in [-0.2, -0.15) is 0 Å². The fraction of sp³-hybridized carbons (Fsp3) is 0.520. The van der Waals surface area contributed by atoms with Crippen LogP contribution in [0.15, 0.2) is 24.3 Å². The predicted octanol–water partition coefficient (Wildman–Crippen LogP) is 2.32. The summed E-state index contributed by atoms with van der Waals surface area (Å²) < 4.78 is 0. The Bertz CT molecular complexity index is 1120. The number of benzene rings is 1. The SMILES string of the molecule is CC[C@H]1CN(c2nc(N)c(C(=O)NC)nc2Cl)CCN1C1CCN([C@@H](C(N)=O)c2ccc(Cl)cc2)CC1. The summed E-state index contributed by atoms with van der Waals surface area (Å²) in [6.07, 6.45) is 2.85. The maximum atomic E-state index is 12.3. The van der Waals surface area contributed by atoms with Gasteiger partial charge in [0.05, 0.1) is 0 Å². The molecule has 3 heterocycles. The summed E-state index contributed by atoms with van der Waals surface area (Å²) in [5.41, 5.74) is 12.7. The quantitative estimate of drug-likeness (QED) is 0.479. The highest BCUT2D eigenvalue weighted by Crippen LogP contribution is 2.32. The minimum absolute atomic E-state index is 0.0292. The first-order valence-corrected chi connectivity index (χ1v) is 13.3. The van der Waals surface area contributed by atoms with E-state index in [9.17, 15) is 9.59 Å². The van der Waals surface area contributed by atoms with Gasteiger partial charge in [-0.25, -0.2) is 9.97 Å². The van der Waals surface area contributed by atoms with E-state index in [1.807, 2.05) is 12.1 Å². The normalized spacial score (nSPS) is 20.5. The van der Waals surface area contributed by atoms with Crippen molar-refractivity contribution in [2.45, 2.75) is 44.3 Å². The number of aromatic nitrogens is 2. The summed E-state index contributed by atoms with van der Waals surface area (Å²) in [6, 6.07) is 7.58. The van der Waals surface area contributed by atoms with Crippen molar-refractivity contribution < 1.29 is 9.59 Å². The van der Waals surface area contributed by atoms with Gasteiger partial charge < -0.3 is 21.7 Å². The number of piperazine rings is 1. The zero-order valence-electron chi connectivity index (χ0n) is 21.2. The van der Waals surface area contributed by atoms with Gasteiger partial charge in [0.2, 0.25) is 5.91 Å². The van der Waals surface area contributed by atoms with E-state index in [0.717, 1.165) is 57.5 Å². The summed E-state index contributed by atoms with van der Waals surface area (Å²) in [6.45, 7) is 6.04. The first kappa shape index (κ1) is 27.4. The van der Waals surface area contributed by atoms with Crippen LogP contribution in [0.5, 0.6) is 0 Å². The maximum Gasteiger partial charge on any atom is 0.273 e. The van der Waals surface area contributed by atoms with E-state index in [0.29, 0.717) is 22.9 Å². The van der Waals surface area contributed by atoms with Crippen LogP contribution in [0.25, 0.3) is 0 Å². The molecule has 2 atom stereocenters. The largest absolute Gasteiger partial charge is 0.382 e. The van der Waals surface area contributed by atoms with E-state index < -0.39 is 11.9 Å². The third-order valence-electron chi connectivity index (χ3n) is 7.39. The van der Waals surface area contributed by atoms with E-state index in [4.69, 9.17) is 34.7 Å². The van der Waals surface area contributed by atoms with Gasteiger partial charge in [0.15, 0.2) is 22.5 Å². The molecule has 4 rings (SSSR count). The lowest BCUT2D eigenvalue weighted by Crippen LogP contribution is -2.59. The molecule has 12 heteroatoms. The molecule has 0 radical (unpaired) electrons. The van der Waals surface area contributed by atoms with Crippen molar-refractivity contribution in [3.63, 3.8) is 0 Å². The van der Waals surface area contributed by atoms with Crippen LogP contribution in [0.1, 0.15) is 48.3 Å². The number of nitrogens with zero attached hydrogens (tertiary/aromatic N) is 5. The van der Waals surface area contributed by atoms with E-state index in [-0.39, 0.29) is 22.6 Å². The fourth-order valence-electron chi connectivity index (χ4n) is 5.49. The molecule has 200 valence electrons. The molecular weight excluding hydrogens is 515 g/mol. The Kier molecular flexibility index (Phi) is 8.74. The summed E-state index contributed by atoms with van der Waals surface area (Å²) in [4.78, 5) is 39.8. The molecule has 0 spiro atoms. The second-order valence-corrected chi connectivity index (χ2v) is 10.3. The Labute approximate surface area is 227 Å². The zero-order chi connectivity index (χ0) is 26.7. The summed E-state index contributed by atoms with van der Waals surface area (Å²) in [5, 5.41) is 3.30. The Hall–Kier alpha value is -2.66. The van der Waals surface area contributed by atoms with Gasteiger partial charge in [0.25, 0.3) is 5.91 Å². The first-order valence-electron chi connectivity index (χ1n) is 12.6. The Morgan fingerprint density at radius 2 is 1.78 bits per heavy atom. The number of piperidine rings is 1. The average Bonchev–Trinajstić information content (AvgIpc) is 2.90. The number of carbonyl (C=O) groups excluding carboxylic acids is 2. The highest BCUT2D eigenvalue weighted by Gasteiger charge is 2.36.